The lowest BCUT2D eigenvalue weighted by Gasteiger charge is -2.32. The highest BCUT2D eigenvalue weighted by atomic mass is 35.5. The molecule has 27 heavy (non-hydrogen) atoms. The number of rotatable bonds is 5. The third kappa shape index (κ3) is 4.01. The molecular weight excluding hydrogens is 362 g/mol. The summed E-state index contributed by atoms with van der Waals surface area (Å²) in [6, 6.07) is 12.7. The van der Waals surface area contributed by atoms with Gasteiger partial charge in [0, 0.05) is 6.54 Å². The number of aryl methyl sites for hydroxylation is 1. The number of hydrogen-bond acceptors (Lipinski definition) is 3. The zero-order valence-electron chi connectivity index (χ0n) is 15.9. The fourth-order valence-corrected chi connectivity index (χ4v) is 3.90. The molecule has 142 valence electrons. The third-order valence-electron chi connectivity index (χ3n) is 4.92. The van der Waals surface area contributed by atoms with E-state index < -0.39 is 0 Å². The quantitative estimate of drug-likeness (QED) is 0.687. The molecule has 0 aliphatic heterocycles. The molecule has 2 aromatic rings. The van der Waals surface area contributed by atoms with Gasteiger partial charge in [0.25, 0.3) is 5.91 Å². The first-order valence-corrected chi connectivity index (χ1v) is 9.56. The lowest BCUT2D eigenvalue weighted by Crippen LogP contribution is -2.37. The van der Waals surface area contributed by atoms with Crippen molar-refractivity contribution in [3.05, 3.63) is 69.7 Å². The van der Waals surface area contributed by atoms with Gasteiger partial charge in [-0.25, -0.2) is 4.79 Å². The van der Waals surface area contributed by atoms with Gasteiger partial charge in [0.15, 0.2) is 0 Å². The SMILES string of the molecule is COC(=O)c1ccc2c(c1)[C@H](N(CC(C)C)C(=O)c1ccccc1Cl)CC2. The van der Waals surface area contributed by atoms with Crippen LogP contribution in [0.2, 0.25) is 5.02 Å². The van der Waals surface area contributed by atoms with Crippen LogP contribution in [0, 0.1) is 5.92 Å². The van der Waals surface area contributed by atoms with Gasteiger partial charge in [-0.2, -0.15) is 0 Å². The fraction of sp³-hybridized carbons (Fsp3) is 0.364. The predicted molar refractivity (Wildman–Crippen MR) is 106 cm³/mol. The van der Waals surface area contributed by atoms with E-state index in [1.807, 2.05) is 29.2 Å². The largest absolute Gasteiger partial charge is 0.465 e. The number of carbonyl (C=O) groups excluding carboxylic acids is 2. The van der Waals surface area contributed by atoms with Crippen LogP contribution in [-0.2, 0) is 11.2 Å². The number of benzene rings is 2. The smallest absolute Gasteiger partial charge is 0.337 e. The van der Waals surface area contributed by atoms with Crippen molar-refractivity contribution in [2.75, 3.05) is 13.7 Å². The molecule has 0 saturated heterocycles. The maximum Gasteiger partial charge on any atom is 0.337 e. The molecule has 0 aromatic heterocycles. The van der Waals surface area contributed by atoms with Crippen LogP contribution in [-0.4, -0.2) is 30.4 Å². The molecule has 1 atom stereocenters. The van der Waals surface area contributed by atoms with Crippen molar-refractivity contribution in [2.24, 2.45) is 5.92 Å². The van der Waals surface area contributed by atoms with Crippen LogP contribution >= 0.6 is 11.6 Å². The molecule has 0 saturated carbocycles. The van der Waals surface area contributed by atoms with E-state index in [1.165, 1.54) is 12.7 Å². The monoisotopic (exact) mass is 385 g/mol. The van der Waals surface area contributed by atoms with Gasteiger partial charge < -0.3 is 9.64 Å². The van der Waals surface area contributed by atoms with Gasteiger partial charge in [-0.3, -0.25) is 4.79 Å². The van der Waals surface area contributed by atoms with Gasteiger partial charge in [-0.05, 0) is 54.2 Å². The average Bonchev–Trinajstić information content (AvgIpc) is 3.08. The van der Waals surface area contributed by atoms with E-state index in [4.69, 9.17) is 16.3 Å². The Balaban J connectivity index is 2.00. The molecule has 1 aliphatic rings. The Morgan fingerprint density at radius 3 is 2.63 bits per heavy atom. The van der Waals surface area contributed by atoms with Crippen LogP contribution < -0.4 is 0 Å². The first-order valence-electron chi connectivity index (χ1n) is 9.19. The summed E-state index contributed by atoms with van der Waals surface area (Å²) in [6.45, 7) is 4.80. The molecule has 0 fully saturated rings. The second kappa shape index (κ2) is 8.13. The Hall–Kier alpha value is -2.33. The van der Waals surface area contributed by atoms with Crippen molar-refractivity contribution < 1.29 is 14.3 Å². The van der Waals surface area contributed by atoms with Crippen LogP contribution in [0.5, 0.6) is 0 Å². The number of hydrogen-bond donors (Lipinski definition) is 0. The van der Waals surface area contributed by atoms with E-state index in [0.29, 0.717) is 28.6 Å². The third-order valence-corrected chi connectivity index (χ3v) is 5.25. The summed E-state index contributed by atoms with van der Waals surface area (Å²) in [5.41, 5.74) is 3.22. The first-order chi connectivity index (χ1) is 12.9. The molecule has 4 nitrogen and oxygen atoms in total. The average molecular weight is 386 g/mol. The summed E-state index contributed by atoms with van der Waals surface area (Å²) in [5.74, 6) is -0.129. The number of carbonyl (C=O) groups is 2. The molecule has 0 spiro atoms. The van der Waals surface area contributed by atoms with Gasteiger partial charge in [0.1, 0.15) is 0 Å². The standard InChI is InChI=1S/C22H24ClNO3/c1-14(2)13-24(21(25)17-6-4-5-7-19(17)23)20-11-10-15-8-9-16(12-18(15)20)22(26)27-3/h4-9,12,14,20H,10-11,13H2,1-3H3/t20-/m1/s1. The Morgan fingerprint density at radius 2 is 1.96 bits per heavy atom. The molecule has 1 amide bonds. The Bertz CT molecular complexity index is 862. The maximum atomic E-state index is 13.3. The van der Waals surface area contributed by atoms with Crippen molar-refractivity contribution >= 4 is 23.5 Å². The van der Waals surface area contributed by atoms with E-state index in [1.54, 1.807) is 18.2 Å². The minimum atomic E-state index is -0.365. The normalized spacial score (nSPS) is 15.5. The van der Waals surface area contributed by atoms with Crippen LogP contribution in [0.1, 0.15) is 58.2 Å². The van der Waals surface area contributed by atoms with Crippen molar-refractivity contribution in [3.8, 4) is 0 Å². The zero-order valence-corrected chi connectivity index (χ0v) is 16.6. The molecule has 2 aromatic carbocycles. The number of nitrogens with zero attached hydrogens (tertiary/aromatic N) is 1. The van der Waals surface area contributed by atoms with E-state index >= 15 is 0 Å². The van der Waals surface area contributed by atoms with Gasteiger partial charge in [-0.15, -0.1) is 0 Å². The van der Waals surface area contributed by atoms with Crippen LogP contribution in [0.15, 0.2) is 42.5 Å². The minimum Gasteiger partial charge on any atom is -0.465 e. The van der Waals surface area contributed by atoms with Crippen LogP contribution in [0.3, 0.4) is 0 Å². The Labute approximate surface area is 165 Å². The van der Waals surface area contributed by atoms with Crippen molar-refractivity contribution in [1.29, 1.82) is 0 Å². The lowest BCUT2D eigenvalue weighted by atomic mass is 10.0. The van der Waals surface area contributed by atoms with Gasteiger partial charge in [0.05, 0.1) is 29.3 Å². The van der Waals surface area contributed by atoms with Crippen molar-refractivity contribution in [1.82, 2.24) is 4.90 Å². The Morgan fingerprint density at radius 1 is 1.22 bits per heavy atom. The molecule has 0 unspecified atom stereocenters. The summed E-state index contributed by atoms with van der Waals surface area (Å²) in [6.07, 6.45) is 1.72. The van der Waals surface area contributed by atoms with E-state index in [0.717, 1.165) is 18.4 Å². The number of amides is 1. The van der Waals surface area contributed by atoms with Crippen LogP contribution in [0.25, 0.3) is 0 Å². The Kier molecular flexibility index (Phi) is 5.85. The second-order valence-electron chi connectivity index (χ2n) is 7.29. The van der Waals surface area contributed by atoms with Crippen molar-refractivity contribution in [3.63, 3.8) is 0 Å². The molecule has 1 aliphatic carbocycles. The molecule has 0 heterocycles. The molecular formula is C22H24ClNO3. The summed E-state index contributed by atoms with van der Waals surface area (Å²) < 4.78 is 4.85. The molecule has 3 rings (SSSR count). The summed E-state index contributed by atoms with van der Waals surface area (Å²) >= 11 is 6.28. The zero-order chi connectivity index (χ0) is 19.6. The van der Waals surface area contributed by atoms with Crippen LogP contribution in [0.4, 0.5) is 0 Å². The van der Waals surface area contributed by atoms with Crippen molar-refractivity contribution in [2.45, 2.75) is 32.7 Å². The molecule has 0 radical (unpaired) electrons. The molecule has 0 bridgehead atoms. The summed E-state index contributed by atoms with van der Waals surface area (Å²) in [5, 5.41) is 0.456. The number of methoxy groups -OCH3 is 1. The van der Waals surface area contributed by atoms with Gasteiger partial charge in [0.2, 0.25) is 0 Å². The minimum absolute atomic E-state index is 0.0734. The van der Waals surface area contributed by atoms with E-state index in [9.17, 15) is 9.59 Å². The number of ether oxygens (including phenoxy) is 1. The topological polar surface area (TPSA) is 46.6 Å². The number of fused-ring (bicyclic) bond motifs is 1. The number of halogens is 1. The maximum absolute atomic E-state index is 13.3. The highest BCUT2D eigenvalue weighted by Crippen LogP contribution is 2.38. The first kappa shape index (κ1) is 19.4. The van der Waals surface area contributed by atoms with E-state index in [-0.39, 0.29) is 17.9 Å². The molecule has 0 N–H and O–H groups in total. The van der Waals surface area contributed by atoms with Gasteiger partial charge >= 0.3 is 5.97 Å². The second-order valence-corrected chi connectivity index (χ2v) is 7.70. The number of esters is 1. The molecule has 5 heteroatoms. The predicted octanol–water partition coefficient (Wildman–Crippen LogP) is 4.91. The highest BCUT2D eigenvalue weighted by molar-refractivity contribution is 6.33. The summed E-state index contributed by atoms with van der Waals surface area (Å²) in [7, 11) is 1.37. The van der Waals surface area contributed by atoms with E-state index in [2.05, 4.69) is 13.8 Å². The lowest BCUT2D eigenvalue weighted by molar-refractivity contribution is 0.0600. The fourth-order valence-electron chi connectivity index (χ4n) is 3.68. The van der Waals surface area contributed by atoms with Gasteiger partial charge in [-0.1, -0.05) is 43.6 Å². The summed E-state index contributed by atoms with van der Waals surface area (Å²) in [4.78, 5) is 27.2. The highest BCUT2D eigenvalue weighted by Gasteiger charge is 2.33.